The van der Waals surface area contributed by atoms with Gasteiger partial charge in [-0.3, -0.25) is 0 Å². The van der Waals surface area contributed by atoms with Crippen molar-refractivity contribution in [1.82, 2.24) is 0 Å². The van der Waals surface area contributed by atoms with E-state index < -0.39 is 5.97 Å². The van der Waals surface area contributed by atoms with E-state index in [1.54, 1.807) is 0 Å². The van der Waals surface area contributed by atoms with Crippen LogP contribution in [0.5, 0.6) is 5.75 Å². The molecule has 0 fully saturated rings. The summed E-state index contributed by atoms with van der Waals surface area (Å²) in [7, 11) is 0. The first kappa shape index (κ1) is 10.9. The number of phenols is 1. The molecule has 0 aliphatic rings. The Morgan fingerprint density at radius 2 is 1.69 bits per heavy atom. The van der Waals surface area contributed by atoms with Crippen LogP contribution in [0.3, 0.4) is 0 Å². The van der Waals surface area contributed by atoms with Crippen LogP contribution in [-0.4, -0.2) is 22.3 Å². The van der Waals surface area contributed by atoms with Gasteiger partial charge < -0.3 is 10.2 Å². The summed E-state index contributed by atoms with van der Waals surface area (Å²) in [5, 5.41) is 22.5. The number of rotatable bonds is 1. The third kappa shape index (κ3) is 4.34. The van der Waals surface area contributed by atoms with Gasteiger partial charge in [-0.15, -0.1) is 0 Å². The molecule has 0 saturated carbocycles. The molecule has 0 radical (unpaired) electrons. The van der Waals surface area contributed by atoms with E-state index in [0.29, 0.717) is 0 Å². The van der Waals surface area contributed by atoms with Crippen molar-refractivity contribution in [2.45, 2.75) is 0 Å². The Hall–Kier alpha value is -2.13. The van der Waals surface area contributed by atoms with Crippen LogP contribution in [0.2, 0.25) is 0 Å². The number of carbonyl (C=O) groups excluding carboxylic acids is 1. The third-order valence-corrected chi connectivity index (χ3v) is 1.11. The summed E-state index contributed by atoms with van der Waals surface area (Å²) in [5.41, 5.74) is 0.179. The molecule has 0 aliphatic heterocycles. The number of isocyanates is 1. The van der Waals surface area contributed by atoms with E-state index in [4.69, 9.17) is 20.4 Å². The molecular formula is C8H7NO4. The van der Waals surface area contributed by atoms with Gasteiger partial charge in [-0.25, -0.2) is 15.0 Å². The number of carboxylic acid groups (broad SMARTS) is 1. The molecule has 0 spiro atoms. The third-order valence-electron chi connectivity index (χ3n) is 1.11. The fourth-order valence-electron chi connectivity index (χ4n) is 0.604. The van der Waals surface area contributed by atoms with E-state index in [9.17, 15) is 4.79 Å². The van der Waals surface area contributed by atoms with E-state index in [-0.39, 0.29) is 11.3 Å². The van der Waals surface area contributed by atoms with Gasteiger partial charge in [-0.05, 0) is 24.3 Å². The van der Waals surface area contributed by atoms with Crippen molar-refractivity contribution in [1.29, 1.82) is 5.41 Å². The summed E-state index contributed by atoms with van der Waals surface area (Å²) in [6.45, 7) is 0. The van der Waals surface area contributed by atoms with Gasteiger partial charge in [0.2, 0.25) is 6.08 Å². The standard InChI is InChI=1S/C7H6O3.CHNO/c8-6-3-1-5(2-4-6)7(9)10;2-1-3/h1-4,8H,(H,9,10);2H. The van der Waals surface area contributed by atoms with E-state index in [1.165, 1.54) is 24.3 Å². The monoisotopic (exact) mass is 181 g/mol. The fraction of sp³-hybridized carbons (Fsp3) is 0. The predicted octanol–water partition coefficient (Wildman–Crippen LogP) is 0.991. The molecule has 0 heterocycles. The van der Waals surface area contributed by atoms with Crippen LogP contribution in [-0.2, 0) is 4.79 Å². The van der Waals surface area contributed by atoms with E-state index >= 15 is 0 Å². The summed E-state index contributed by atoms with van der Waals surface area (Å²) in [5.74, 6) is -0.912. The Morgan fingerprint density at radius 3 is 2.00 bits per heavy atom. The molecule has 1 aromatic rings. The van der Waals surface area contributed by atoms with Crippen LogP contribution in [0.25, 0.3) is 0 Å². The van der Waals surface area contributed by atoms with Crippen LogP contribution in [0.4, 0.5) is 0 Å². The smallest absolute Gasteiger partial charge is 0.335 e. The number of nitrogens with one attached hydrogen (secondary N) is 1. The van der Waals surface area contributed by atoms with Gasteiger partial charge in [0.05, 0.1) is 5.56 Å². The molecule has 0 saturated heterocycles. The molecule has 0 unspecified atom stereocenters. The largest absolute Gasteiger partial charge is 0.508 e. The zero-order valence-electron chi connectivity index (χ0n) is 6.52. The minimum atomic E-state index is -0.986. The minimum absolute atomic E-state index is 0.0741. The van der Waals surface area contributed by atoms with Crippen molar-refractivity contribution in [3.8, 4) is 5.75 Å². The van der Waals surface area contributed by atoms with Crippen LogP contribution in [0.1, 0.15) is 10.4 Å². The molecule has 0 atom stereocenters. The van der Waals surface area contributed by atoms with E-state index in [1.807, 2.05) is 0 Å². The van der Waals surface area contributed by atoms with Crippen molar-refractivity contribution >= 4 is 12.0 Å². The average molecular weight is 181 g/mol. The normalized spacial score (nSPS) is 7.69. The van der Waals surface area contributed by atoms with Crippen molar-refractivity contribution in [3.05, 3.63) is 29.8 Å². The first-order valence-corrected chi connectivity index (χ1v) is 3.18. The molecule has 5 nitrogen and oxygen atoms in total. The average Bonchev–Trinajstić information content (AvgIpc) is 2.06. The Kier molecular flexibility index (Phi) is 4.61. The van der Waals surface area contributed by atoms with Gasteiger partial charge in [0.1, 0.15) is 5.75 Å². The number of hydrogen-bond acceptors (Lipinski definition) is 4. The second-order valence-electron chi connectivity index (χ2n) is 1.95. The van der Waals surface area contributed by atoms with Crippen LogP contribution < -0.4 is 0 Å². The van der Waals surface area contributed by atoms with Crippen molar-refractivity contribution < 1.29 is 19.8 Å². The van der Waals surface area contributed by atoms with Crippen LogP contribution in [0, 0.1) is 5.41 Å². The highest BCUT2D eigenvalue weighted by atomic mass is 16.4. The molecule has 5 heteroatoms. The highest BCUT2D eigenvalue weighted by molar-refractivity contribution is 5.87. The molecule has 0 bridgehead atoms. The second kappa shape index (κ2) is 5.51. The van der Waals surface area contributed by atoms with Gasteiger partial charge in [-0.1, -0.05) is 0 Å². The molecule has 3 N–H and O–H groups in total. The summed E-state index contributed by atoms with van der Waals surface area (Å²) in [6, 6.07) is 5.36. The highest BCUT2D eigenvalue weighted by Crippen LogP contribution is 2.08. The highest BCUT2D eigenvalue weighted by Gasteiger charge is 1.99. The Morgan fingerprint density at radius 1 is 1.31 bits per heavy atom. The maximum atomic E-state index is 10.2. The first-order valence-electron chi connectivity index (χ1n) is 3.18. The lowest BCUT2D eigenvalue weighted by Crippen LogP contribution is -1.93. The lowest BCUT2D eigenvalue weighted by Gasteiger charge is -1.92. The lowest BCUT2D eigenvalue weighted by atomic mass is 10.2. The number of carbonyl (C=O) groups is 1. The maximum absolute atomic E-state index is 10.2. The summed E-state index contributed by atoms with van der Waals surface area (Å²) in [6.07, 6.45) is 0.750. The Balaban J connectivity index is 0.000000424. The lowest BCUT2D eigenvalue weighted by molar-refractivity contribution is 0.0697. The van der Waals surface area contributed by atoms with Crippen molar-refractivity contribution in [2.75, 3.05) is 0 Å². The van der Waals surface area contributed by atoms with Crippen LogP contribution in [0.15, 0.2) is 24.3 Å². The molecule has 0 amide bonds. The predicted molar refractivity (Wildman–Crippen MR) is 43.5 cm³/mol. The molecule has 13 heavy (non-hydrogen) atoms. The molecule has 1 aromatic carbocycles. The number of aromatic hydroxyl groups is 1. The SMILES string of the molecule is N=C=O.O=C(O)c1ccc(O)cc1. The zero-order chi connectivity index (χ0) is 10.3. The number of carboxylic acids is 1. The molecule has 68 valence electrons. The van der Waals surface area contributed by atoms with Gasteiger partial charge in [0.15, 0.2) is 0 Å². The van der Waals surface area contributed by atoms with Gasteiger partial charge in [-0.2, -0.15) is 0 Å². The summed E-state index contributed by atoms with van der Waals surface area (Å²) >= 11 is 0. The maximum Gasteiger partial charge on any atom is 0.335 e. The minimum Gasteiger partial charge on any atom is -0.508 e. The number of benzene rings is 1. The second-order valence-corrected chi connectivity index (χ2v) is 1.95. The molecular weight excluding hydrogens is 174 g/mol. The van der Waals surface area contributed by atoms with Gasteiger partial charge >= 0.3 is 5.97 Å². The van der Waals surface area contributed by atoms with Crippen LogP contribution >= 0.6 is 0 Å². The fourth-order valence-corrected chi connectivity index (χ4v) is 0.604. The zero-order valence-corrected chi connectivity index (χ0v) is 6.52. The summed E-state index contributed by atoms with van der Waals surface area (Å²) in [4.78, 5) is 18.6. The number of phenolic OH excluding ortho intramolecular Hbond substituents is 1. The molecule has 0 aromatic heterocycles. The molecule has 1 rings (SSSR count). The Labute approximate surface area is 73.8 Å². The van der Waals surface area contributed by atoms with Gasteiger partial charge in [0.25, 0.3) is 0 Å². The summed E-state index contributed by atoms with van der Waals surface area (Å²) < 4.78 is 0. The number of hydrogen-bond donors (Lipinski definition) is 3. The first-order chi connectivity index (χ1) is 6.11. The Bertz CT molecular complexity index is 311. The van der Waals surface area contributed by atoms with Gasteiger partial charge in [0, 0.05) is 0 Å². The topological polar surface area (TPSA) is 98.5 Å². The number of aromatic carboxylic acids is 1. The van der Waals surface area contributed by atoms with E-state index in [0.717, 1.165) is 6.08 Å². The quantitative estimate of drug-likeness (QED) is 0.444. The van der Waals surface area contributed by atoms with E-state index in [2.05, 4.69) is 0 Å². The molecule has 0 aliphatic carbocycles. The van der Waals surface area contributed by atoms with Crippen molar-refractivity contribution in [2.24, 2.45) is 0 Å². The van der Waals surface area contributed by atoms with Crippen molar-refractivity contribution in [3.63, 3.8) is 0 Å².